The van der Waals surface area contributed by atoms with Gasteiger partial charge in [-0.15, -0.1) is 0 Å². The van der Waals surface area contributed by atoms with E-state index in [2.05, 4.69) is 0 Å². The number of nitrogens with zero attached hydrogens (tertiary/aromatic N) is 2. The van der Waals surface area contributed by atoms with Crippen molar-refractivity contribution in [3.8, 4) is 17.2 Å². The molecule has 0 spiro atoms. The summed E-state index contributed by atoms with van der Waals surface area (Å²) in [7, 11) is 4.48. The largest absolute Gasteiger partial charge is 0.507 e. The lowest BCUT2D eigenvalue weighted by Gasteiger charge is -2.42. The lowest BCUT2D eigenvalue weighted by Crippen LogP contribution is -2.42. The number of aliphatic hydroxyl groups is 1. The number of allylic oxidation sites excluding steroid dienone is 2. The molecule has 3 aromatic rings. The van der Waals surface area contributed by atoms with Crippen molar-refractivity contribution >= 4 is 28.8 Å². The van der Waals surface area contributed by atoms with Crippen LogP contribution in [0, 0.1) is 29.4 Å². The molecule has 0 radical (unpaired) electrons. The minimum atomic E-state index is -0.861. The fourth-order valence-electron chi connectivity index (χ4n) is 5.88. The fourth-order valence-corrected chi connectivity index (χ4v) is 5.88. The third kappa shape index (κ3) is 5.09. The molecule has 3 aromatic carbocycles. The molecule has 0 aromatic heterocycles. The Morgan fingerprint density at radius 1 is 0.977 bits per heavy atom. The molecule has 1 heterocycles. The Morgan fingerprint density at radius 3 is 2.21 bits per heavy atom. The van der Waals surface area contributed by atoms with Gasteiger partial charge < -0.3 is 19.3 Å². The van der Waals surface area contributed by atoms with E-state index in [9.17, 15) is 25.4 Å². The van der Waals surface area contributed by atoms with Crippen molar-refractivity contribution in [1.82, 2.24) is 0 Å². The maximum Gasteiger partial charge on any atom is 0.271 e. The number of ether oxygens (including phenoxy) is 3. The SMILES string of the molecule is COc1cc([C@H]2C3=C(CCCC3=O)N(c3cc([N+](=O)[O-])ccc3C)C(=N)/C2=C(/O)c2ccc(C)cc2)cc(OC)c1OC. The average Bonchev–Trinajstić information content (AvgIpc) is 3.00. The molecule has 0 amide bonds. The molecule has 1 aliphatic carbocycles. The fraction of sp³-hybridized carbons (Fsp3) is 0.273. The number of aliphatic hydroxyl groups excluding tert-OH is 1. The Balaban J connectivity index is 1.89. The van der Waals surface area contributed by atoms with Gasteiger partial charge in [0.2, 0.25) is 5.75 Å². The van der Waals surface area contributed by atoms with Crippen LogP contribution in [0.4, 0.5) is 11.4 Å². The van der Waals surface area contributed by atoms with Crippen LogP contribution in [0.25, 0.3) is 5.76 Å². The van der Waals surface area contributed by atoms with Crippen molar-refractivity contribution < 1.29 is 29.0 Å². The average molecular weight is 584 g/mol. The molecule has 0 bridgehead atoms. The number of Topliss-reactive ketones (excluding diaryl/α,β-unsaturated/α-hetero) is 1. The normalized spacial score (nSPS) is 17.9. The topological polar surface area (TPSA) is 135 Å². The molecule has 0 unspecified atom stereocenters. The second kappa shape index (κ2) is 11.6. The Kier molecular flexibility index (Phi) is 7.95. The number of nitro benzene ring substituents is 1. The van der Waals surface area contributed by atoms with Gasteiger partial charge in [0, 0.05) is 46.9 Å². The standard InChI is InChI=1S/C33H33N3O7/c1-18-9-12-20(13-10-18)31(38)30-28(21-15-26(41-3)32(43-5)27(16-21)42-4)29-23(7-6-8-25(29)37)35(33(30)34)24-17-22(36(39)40)14-11-19(24)2/h9-17,28,34,38H,6-8H2,1-5H3/b31-30+,34-33?/t28-/m0/s1. The summed E-state index contributed by atoms with van der Waals surface area (Å²) in [6, 6.07) is 15.1. The highest BCUT2D eigenvalue weighted by atomic mass is 16.6. The molecule has 0 saturated carbocycles. The van der Waals surface area contributed by atoms with E-state index in [1.807, 2.05) is 19.1 Å². The molecule has 0 saturated heterocycles. The van der Waals surface area contributed by atoms with Gasteiger partial charge in [0.05, 0.1) is 31.9 Å². The van der Waals surface area contributed by atoms with Gasteiger partial charge in [0.15, 0.2) is 17.3 Å². The van der Waals surface area contributed by atoms with Gasteiger partial charge in [-0.3, -0.25) is 25.2 Å². The molecule has 10 heteroatoms. The molecule has 2 aliphatic rings. The first-order valence-electron chi connectivity index (χ1n) is 13.8. The van der Waals surface area contributed by atoms with E-state index in [1.165, 1.54) is 33.5 Å². The molecule has 5 rings (SSSR count). The van der Waals surface area contributed by atoms with Gasteiger partial charge in [-0.1, -0.05) is 35.9 Å². The summed E-state index contributed by atoms with van der Waals surface area (Å²) in [6.07, 6.45) is 1.30. The van der Waals surface area contributed by atoms with Crippen molar-refractivity contribution in [3.05, 3.63) is 104 Å². The lowest BCUT2D eigenvalue weighted by molar-refractivity contribution is -0.384. The van der Waals surface area contributed by atoms with Crippen LogP contribution in [0.3, 0.4) is 0 Å². The summed E-state index contributed by atoms with van der Waals surface area (Å²) < 4.78 is 16.8. The number of non-ortho nitro benzene ring substituents is 1. The van der Waals surface area contributed by atoms with Gasteiger partial charge in [0.1, 0.15) is 11.6 Å². The first-order valence-corrected chi connectivity index (χ1v) is 13.8. The summed E-state index contributed by atoms with van der Waals surface area (Å²) in [5.41, 5.74) is 4.12. The lowest BCUT2D eigenvalue weighted by atomic mass is 9.73. The van der Waals surface area contributed by atoms with Crippen molar-refractivity contribution in [3.63, 3.8) is 0 Å². The number of aryl methyl sites for hydroxylation is 2. The van der Waals surface area contributed by atoms with Crippen LogP contribution < -0.4 is 19.1 Å². The minimum absolute atomic E-state index is 0.0890. The third-order valence-corrected chi connectivity index (χ3v) is 8.00. The number of methoxy groups -OCH3 is 3. The Labute approximate surface area is 249 Å². The number of ketones is 1. The quantitative estimate of drug-likeness (QED) is 0.176. The summed E-state index contributed by atoms with van der Waals surface area (Å²) in [5, 5.41) is 33.3. The van der Waals surface area contributed by atoms with E-state index in [-0.39, 0.29) is 35.1 Å². The third-order valence-electron chi connectivity index (χ3n) is 8.00. The number of benzene rings is 3. The Morgan fingerprint density at radius 2 is 1.63 bits per heavy atom. The molecule has 10 nitrogen and oxygen atoms in total. The molecular formula is C33H33N3O7. The Bertz CT molecular complexity index is 1680. The number of amidine groups is 1. The monoisotopic (exact) mass is 583 g/mol. The summed E-state index contributed by atoms with van der Waals surface area (Å²) in [6.45, 7) is 3.73. The van der Waals surface area contributed by atoms with Gasteiger partial charge >= 0.3 is 0 Å². The number of nitro groups is 1. The van der Waals surface area contributed by atoms with Crippen LogP contribution in [0.15, 0.2) is 71.4 Å². The number of carbonyl (C=O) groups is 1. The number of carbonyl (C=O) groups excluding carboxylic acids is 1. The number of hydrogen-bond donors (Lipinski definition) is 2. The molecule has 1 aliphatic heterocycles. The molecule has 222 valence electrons. The van der Waals surface area contributed by atoms with Crippen molar-refractivity contribution in [2.45, 2.75) is 39.0 Å². The van der Waals surface area contributed by atoms with Crippen LogP contribution >= 0.6 is 0 Å². The highest BCUT2D eigenvalue weighted by molar-refractivity contribution is 6.20. The zero-order valence-electron chi connectivity index (χ0n) is 24.7. The van der Waals surface area contributed by atoms with E-state index in [0.717, 1.165) is 5.56 Å². The van der Waals surface area contributed by atoms with Crippen molar-refractivity contribution in [2.24, 2.45) is 0 Å². The molecular weight excluding hydrogens is 550 g/mol. The summed E-state index contributed by atoms with van der Waals surface area (Å²) in [5.74, 6) is -0.170. The van der Waals surface area contributed by atoms with Crippen LogP contribution in [-0.2, 0) is 4.79 Å². The highest BCUT2D eigenvalue weighted by Crippen LogP contribution is 2.51. The van der Waals surface area contributed by atoms with E-state index in [4.69, 9.17) is 14.2 Å². The van der Waals surface area contributed by atoms with E-state index >= 15 is 0 Å². The number of anilines is 1. The maximum absolute atomic E-state index is 13.9. The second-order valence-corrected chi connectivity index (χ2v) is 10.6. The van der Waals surface area contributed by atoms with Crippen molar-refractivity contribution in [2.75, 3.05) is 26.2 Å². The molecule has 1 atom stereocenters. The van der Waals surface area contributed by atoms with Crippen LogP contribution in [0.5, 0.6) is 17.2 Å². The van der Waals surface area contributed by atoms with Gasteiger partial charge in [0.25, 0.3) is 5.69 Å². The Hall–Kier alpha value is -5.12. The highest BCUT2D eigenvalue weighted by Gasteiger charge is 2.44. The summed E-state index contributed by atoms with van der Waals surface area (Å²) >= 11 is 0. The summed E-state index contributed by atoms with van der Waals surface area (Å²) in [4.78, 5) is 26.7. The molecule has 2 N–H and O–H groups in total. The van der Waals surface area contributed by atoms with Gasteiger partial charge in [-0.25, -0.2) is 0 Å². The maximum atomic E-state index is 13.9. The smallest absolute Gasteiger partial charge is 0.271 e. The first kappa shape index (κ1) is 29.4. The zero-order chi connectivity index (χ0) is 31.0. The first-order chi connectivity index (χ1) is 20.6. The van der Waals surface area contributed by atoms with Crippen LogP contribution in [-0.4, -0.2) is 43.0 Å². The van der Waals surface area contributed by atoms with Gasteiger partial charge in [-0.05, 0) is 49.9 Å². The number of rotatable bonds is 7. The van der Waals surface area contributed by atoms with Gasteiger partial charge in [-0.2, -0.15) is 0 Å². The molecule has 43 heavy (non-hydrogen) atoms. The zero-order valence-corrected chi connectivity index (χ0v) is 24.7. The number of nitrogens with one attached hydrogen (secondary N) is 1. The predicted molar refractivity (Wildman–Crippen MR) is 163 cm³/mol. The van der Waals surface area contributed by atoms with Crippen LogP contribution in [0.1, 0.15) is 47.4 Å². The predicted octanol–water partition coefficient (Wildman–Crippen LogP) is 6.79. The number of hydrogen-bond acceptors (Lipinski definition) is 8. The van der Waals surface area contributed by atoms with Crippen LogP contribution in [0.2, 0.25) is 0 Å². The van der Waals surface area contributed by atoms with E-state index < -0.39 is 10.8 Å². The van der Waals surface area contributed by atoms with Crippen molar-refractivity contribution in [1.29, 1.82) is 5.41 Å². The second-order valence-electron chi connectivity index (χ2n) is 10.6. The molecule has 0 fully saturated rings. The van der Waals surface area contributed by atoms with E-state index in [1.54, 1.807) is 42.2 Å². The minimum Gasteiger partial charge on any atom is -0.507 e. The van der Waals surface area contributed by atoms with E-state index in [0.29, 0.717) is 63.7 Å².